The van der Waals surface area contributed by atoms with E-state index in [4.69, 9.17) is 9.47 Å². The first-order valence-corrected chi connectivity index (χ1v) is 6.96. The van der Waals surface area contributed by atoms with Crippen LogP contribution in [-0.2, 0) is 30.4 Å². The molecule has 23 heavy (non-hydrogen) atoms. The van der Waals surface area contributed by atoms with E-state index in [2.05, 4.69) is 10.1 Å². The molecular formula is C16H19NO6. The van der Waals surface area contributed by atoms with Gasteiger partial charge in [-0.05, 0) is 24.6 Å². The van der Waals surface area contributed by atoms with Crippen molar-refractivity contribution in [2.24, 2.45) is 0 Å². The van der Waals surface area contributed by atoms with Crippen molar-refractivity contribution < 1.29 is 28.6 Å². The lowest BCUT2D eigenvalue weighted by Crippen LogP contribution is -2.28. The minimum Gasteiger partial charge on any atom is -0.497 e. The van der Waals surface area contributed by atoms with Gasteiger partial charge in [0, 0.05) is 18.7 Å². The number of carbonyl (C=O) groups excluding carboxylic acids is 3. The van der Waals surface area contributed by atoms with E-state index >= 15 is 0 Å². The lowest BCUT2D eigenvalue weighted by Gasteiger charge is -2.06. The molecule has 0 unspecified atom stereocenters. The first-order chi connectivity index (χ1) is 11.0. The van der Waals surface area contributed by atoms with Crippen LogP contribution in [0.15, 0.2) is 36.4 Å². The first kappa shape index (κ1) is 18.2. The number of carbonyl (C=O) groups is 3. The van der Waals surface area contributed by atoms with E-state index in [1.165, 1.54) is 0 Å². The molecule has 0 radical (unpaired) electrons. The Kier molecular flexibility index (Phi) is 7.91. The van der Waals surface area contributed by atoms with Crippen molar-refractivity contribution in [3.63, 3.8) is 0 Å². The average molecular weight is 321 g/mol. The highest BCUT2D eigenvalue weighted by molar-refractivity contribution is 5.92. The number of nitrogens with one attached hydrogen (secondary N) is 1. The van der Waals surface area contributed by atoms with Gasteiger partial charge in [0.2, 0.25) is 0 Å². The maximum atomic E-state index is 11.6. The maximum absolute atomic E-state index is 11.6. The Bertz CT molecular complexity index is 564. The SMILES string of the molecule is CCOC(=O)C=CC(=O)OCC(=O)NCc1ccc(OC)cc1. The van der Waals surface area contributed by atoms with E-state index in [1.54, 1.807) is 26.2 Å². The lowest BCUT2D eigenvalue weighted by molar-refractivity contribution is -0.144. The van der Waals surface area contributed by atoms with Gasteiger partial charge in [0.1, 0.15) is 5.75 Å². The van der Waals surface area contributed by atoms with Crippen LogP contribution in [0.4, 0.5) is 0 Å². The Balaban J connectivity index is 2.28. The van der Waals surface area contributed by atoms with Crippen LogP contribution >= 0.6 is 0 Å². The molecule has 0 atom stereocenters. The van der Waals surface area contributed by atoms with Gasteiger partial charge in [0.25, 0.3) is 5.91 Å². The highest BCUT2D eigenvalue weighted by atomic mass is 16.5. The van der Waals surface area contributed by atoms with Crippen LogP contribution in [0, 0.1) is 0 Å². The van der Waals surface area contributed by atoms with Crippen molar-refractivity contribution in [3.05, 3.63) is 42.0 Å². The van der Waals surface area contributed by atoms with E-state index < -0.39 is 24.5 Å². The molecule has 1 amide bonds. The molecular weight excluding hydrogens is 302 g/mol. The van der Waals surface area contributed by atoms with E-state index in [9.17, 15) is 14.4 Å². The predicted molar refractivity (Wildman–Crippen MR) is 81.6 cm³/mol. The zero-order valence-corrected chi connectivity index (χ0v) is 13.0. The molecule has 1 aromatic rings. The second kappa shape index (κ2) is 9.99. The number of methoxy groups -OCH3 is 1. The fraction of sp³-hybridized carbons (Fsp3) is 0.312. The summed E-state index contributed by atoms with van der Waals surface area (Å²) in [5.74, 6) is -1.16. The number of hydrogen-bond acceptors (Lipinski definition) is 6. The van der Waals surface area contributed by atoms with E-state index in [0.717, 1.165) is 23.5 Å². The number of esters is 2. The van der Waals surface area contributed by atoms with Gasteiger partial charge >= 0.3 is 11.9 Å². The average Bonchev–Trinajstić information content (AvgIpc) is 2.57. The van der Waals surface area contributed by atoms with Gasteiger partial charge in [-0.25, -0.2) is 9.59 Å². The molecule has 1 rings (SSSR count). The van der Waals surface area contributed by atoms with Gasteiger partial charge in [0.05, 0.1) is 13.7 Å². The third kappa shape index (κ3) is 7.66. The van der Waals surface area contributed by atoms with Crippen LogP contribution in [0.25, 0.3) is 0 Å². The summed E-state index contributed by atoms with van der Waals surface area (Å²) >= 11 is 0. The van der Waals surface area contributed by atoms with Crippen LogP contribution in [0.1, 0.15) is 12.5 Å². The molecule has 1 N–H and O–H groups in total. The zero-order valence-electron chi connectivity index (χ0n) is 13.0. The molecule has 124 valence electrons. The van der Waals surface area contributed by atoms with Crippen LogP contribution in [0.5, 0.6) is 5.75 Å². The zero-order chi connectivity index (χ0) is 17.1. The summed E-state index contributed by atoms with van der Waals surface area (Å²) in [6, 6.07) is 7.18. The Morgan fingerprint density at radius 2 is 1.65 bits per heavy atom. The highest BCUT2D eigenvalue weighted by Crippen LogP contribution is 2.10. The molecule has 0 aliphatic rings. The van der Waals surface area contributed by atoms with Crippen molar-refractivity contribution in [3.8, 4) is 5.75 Å². The predicted octanol–water partition coefficient (Wildman–Crippen LogP) is 0.974. The summed E-state index contributed by atoms with van der Waals surface area (Å²) in [6.45, 7) is 1.74. The Morgan fingerprint density at radius 1 is 1.04 bits per heavy atom. The third-order valence-electron chi connectivity index (χ3n) is 2.64. The van der Waals surface area contributed by atoms with Crippen LogP contribution in [0.2, 0.25) is 0 Å². The van der Waals surface area contributed by atoms with Crippen molar-refractivity contribution in [1.82, 2.24) is 5.32 Å². The molecule has 0 bridgehead atoms. The van der Waals surface area contributed by atoms with Gasteiger partial charge in [0.15, 0.2) is 6.61 Å². The van der Waals surface area contributed by atoms with E-state index in [1.807, 2.05) is 12.1 Å². The van der Waals surface area contributed by atoms with Gasteiger partial charge in [-0.2, -0.15) is 0 Å². The van der Waals surface area contributed by atoms with Crippen molar-refractivity contribution in [1.29, 1.82) is 0 Å². The molecule has 0 saturated heterocycles. The minimum atomic E-state index is -0.794. The van der Waals surface area contributed by atoms with Crippen molar-refractivity contribution in [2.45, 2.75) is 13.5 Å². The maximum Gasteiger partial charge on any atom is 0.331 e. The molecule has 7 nitrogen and oxygen atoms in total. The largest absolute Gasteiger partial charge is 0.497 e. The third-order valence-corrected chi connectivity index (χ3v) is 2.64. The van der Waals surface area contributed by atoms with Crippen molar-refractivity contribution >= 4 is 17.8 Å². The monoisotopic (exact) mass is 321 g/mol. The number of hydrogen-bond donors (Lipinski definition) is 1. The molecule has 0 spiro atoms. The molecule has 0 fully saturated rings. The van der Waals surface area contributed by atoms with Gasteiger partial charge in [-0.15, -0.1) is 0 Å². The molecule has 7 heteroatoms. The summed E-state index contributed by atoms with van der Waals surface area (Å²) in [7, 11) is 1.57. The summed E-state index contributed by atoms with van der Waals surface area (Å²) in [5.41, 5.74) is 0.882. The van der Waals surface area contributed by atoms with Crippen LogP contribution < -0.4 is 10.1 Å². The Hall–Kier alpha value is -2.83. The second-order valence-corrected chi connectivity index (χ2v) is 4.32. The summed E-state index contributed by atoms with van der Waals surface area (Å²) in [4.78, 5) is 33.8. The molecule has 0 aliphatic carbocycles. The van der Waals surface area contributed by atoms with E-state index in [0.29, 0.717) is 6.54 Å². The minimum absolute atomic E-state index is 0.214. The van der Waals surface area contributed by atoms with Gasteiger partial charge < -0.3 is 19.5 Å². The first-order valence-electron chi connectivity index (χ1n) is 6.96. The number of benzene rings is 1. The number of rotatable bonds is 8. The molecule has 0 heterocycles. The highest BCUT2D eigenvalue weighted by Gasteiger charge is 2.06. The van der Waals surface area contributed by atoms with Gasteiger partial charge in [-0.1, -0.05) is 12.1 Å². The lowest BCUT2D eigenvalue weighted by atomic mass is 10.2. The van der Waals surface area contributed by atoms with E-state index in [-0.39, 0.29) is 6.61 Å². The Labute approximate surface area is 134 Å². The molecule has 0 aliphatic heterocycles. The van der Waals surface area contributed by atoms with Crippen LogP contribution in [0.3, 0.4) is 0 Å². The molecule has 0 aromatic heterocycles. The smallest absolute Gasteiger partial charge is 0.331 e. The normalized spacial score (nSPS) is 10.2. The standard InChI is InChI=1S/C16H19NO6/c1-3-22-15(19)8-9-16(20)23-11-14(18)17-10-12-4-6-13(21-2)7-5-12/h4-9H,3,10-11H2,1-2H3,(H,17,18). The van der Waals surface area contributed by atoms with Crippen molar-refractivity contribution in [2.75, 3.05) is 20.3 Å². The number of amides is 1. The van der Waals surface area contributed by atoms with Crippen LogP contribution in [-0.4, -0.2) is 38.2 Å². The Morgan fingerprint density at radius 3 is 2.22 bits per heavy atom. The fourth-order valence-corrected chi connectivity index (χ4v) is 1.51. The quantitative estimate of drug-likeness (QED) is 0.567. The number of ether oxygens (including phenoxy) is 3. The molecule has 1 aromatic carbocycles. The van der Waals surface area contributed by atoms with Gasteiger partial charge in [-0.3, -0.25) is 4.79 Å². The molecule has 0 saturated carbocycles. The topological polar surface area (TPSA) is 90.9 Å². The second-order valence-electron chi connectivity index (χ2n) is 4.32. The summed E-state index contributed by atoms with van der Waals surface area (Å²) < 4.78 is 14.3. The summed E-state index contributed by atoms with van der Waals surface area (Å²) in [6.07, 6.45) is 1.86. The fourth-order valence-electron chi connectivity index (χ4n) is 1.51. The summed E-state index contributed by atoms with van der Waals surface area (Å²) in [5, 5.41) is 2.60.